The quantitative estimate of drug-likeness (QED) is 0.0619. The third-order valence-corrected chi connectivity index (χ3v) is 4.55. The third-order valence-electron chi connectivity index (χ3n) is 4.19. The van der Waals surface area contributed by atoms with Gasteiger partial charge in [-0.1, -0.05) is 13.8 Å². The second-order valence-corrected chi connectivity index (χ2v) is 7.92. The standard InChI is InChI=1S/C18H35N7O5S/c1-9(2)7-11(19)14(26)25-13(8-31)16(28)24-12(5-4-6-22-18(20)21)15(27)23-10(3)17(29)30/h9-13,31H,4-8,19H2,1-3H3,(H,23,27)(H,24,28)(H,25,26)(H,29,30)(H4,20,21,22). The number of carboxylic acids is 1. The summed E-state index contributed by atoms with van der Waals surface area (Å²) in [6.07, 6.45) is 0.922. The molecule has 0 aromatic carbocycles. The maximum atomic E-state index is 12.7. The number of carboxylic acid groups (broad SMARTS) is 1. The van der Waals surface area contributed by atoms with Gasteiger partial charge in [0.25, 0.3) is 0 Å². The van der Waals surface area contributed by atoms with E-state index in [0.717, 1.165) is 0 Å². The second kappa shape index (κ2) is 14.5. The summed E-state index contributed by atoms with van der Waals surface area (Å²) in [5.74, 6) is -3.01. The van der Waals surface area contributed by atoms with Gasteiger partial charge in [0.15, 0.2) is 5.96 Å². The maximum absolute atomic E-state index is 12.7. The first-order valence-corrected chi connectivity index (χ1v) is 10.6. The molecule has 0 aliphatic heterocycles. The molecule has 0 aromatic heterocycles. The minimum Gasteiger partial charge on any atom is -0.480 e. The molecule has 0 aliphatic carbocycles. The lowest BCUT2D eigenvalue weighted by molar-refractivity contribution is -0.141. The highest BCUT2D eigenvalue weighted by Gasteiger charge is 2.28. The highest BCUT2D eigenvalue weighted by Crippen LogP contribution is 2.05. The van der Waals surface area contributed by atoms with Crippen molar-refractivity contribution in [3.05, 3.63) is 0 Å². The zero-order chi connectivity index (χ0) is 24.1. The Labute approximate surface area is 187 Å². The Hall–Kier alpha value is -2.54. The van der Waals surface area contributed by atoms with Crippen LogP contribution in [0.3, 0.4) is 0 Å². The predicted molar refractivity (Wildman–Crippen MR) is 120 cm³/mol. The van der Waals surface area contributed by atoms with E-state index in [4.69, 9.17) is 22.3 Å². The van der Waals surface area contributed by atoms with Crippen molar-refractivity contribution in [2.45, 2.75) is 64.2 Å². The number of aliphatic imine (C=N–C) groups is 1. The van der Waals surface area contributed by atoms with Crippen LogP contribution in [-0.4, -0.2) is 71.2 Å². The van der Waals surface area contributed by atoms with Crippen molar-refractivity contribution in [2.75, 3.05) is 12.3 Å². The minimum atomic E-state index is -1.22. The van der Waals surface area contributed by atoms with Crippen LogP contribution in [0.1, 0.15) is 40.0 Å². The van der Waals surface area contributed by atoms with E-state index in [-0.39, 0.29) is 30.6 Å². The van der Waals surface area contributed by atoms with Gasteiger partial charge in [-0.25, -0.2) is 0 Å². The normalized spacial score (nSPS) is 14.6. The Morgan fingerprint density at radius 2 is 1.52 bits per heavy atom. The second-order valence-electron chi connectivity index (χ2n) is 7.56. The lowest BCUT2D eigenvalue weighted by Gasteiger charge is -2.24. The first kappa shape index (κ1) is 28.5. The van der Waals surface area contributed by atoms with Crippen molar-refractivity contribution in [3.63, 3.8) is 0 Å². The molecule has 13 heteroatoms. The minimum absolute atomic E-state index is 0.0279. The molecule has 4 atom stereocenters. The van der Waals surface area contributed by atoms with Crippen LogP contribution in [0.2, 0.25) is 0 Å². The fraction of sp³-hybridized carbons (Fsp3) is 0.722. The molecule has 3 amide bonds. The highest BCUT2D eigenvalue weighted by atomic mass is 32.1. The van der Waals surface area contributed by atoms with Gasteiger partial charge in [0.05, 0.1) is 6.04 Å². The summed E-state index contributed by atoms with van der Waals surface area (Å²) in [5, 5.41) is 16.3. The number of rotatable bonds is 14. The van der Waals surface area contributed by atoms with Gasteiger partial charge in [-0.2, -0.15) is 12.6 Å². The number of thiol groups is 1. The van der Waals surface area contributed by atoms with Crippen molar-refractivity contribution >= 4 is 42.3 Å². The largest absolute Gasteiger partial charge is 0.480 e. The predicted octanol–water partition coefficient (Wildman–Crippen LogP) is -2.10. The Balaban J connectivity index is 5.18. The summed E-state index contributed by atoms with van der Waals surface area (Å²) in [4.78, 5) is 52.2. The smallest absolute Gasteiger partial charge is 0.325 e. The van der Waals surface area contributed by atoms with Crippen molar-refractivity contribution < 1.29 is 24.3 Å². The molecule has 31 heavy (non-hydrogen) atoms. The Kier molecular flexibility index (Phi) is 13.3. The van der Waals surface area contributed by atoms with Gasteiger partial charge in [0, 0.05) is 12.3 Å². The summed E-state index contributed by atoms with van der Waals surface area (Å²) < 4.78 is 0. The Morgan fingerprint density at radius 3 is 2.00 bits per heavy atom. The van der Waals surface area contributed by atoms with E-state index in [1.54, 1.807) is 0 Å². The van der Waals surface area contributed by atoms with Gasteiger partial charge in [-0.15, -0.1) is 0 Å². The van der Waals surface area contributed by atoms with Crippen LogP contribution in [0.25, 0.3) is 0 Å². The molecule has 178 valence electrons. The molecule has 0 saturated heterocycles. The van der Waals surface area contributed by atoms with Gasteiger partial charge < -0.3 is 38.3 Å². The molecule has 0 spiro atoms. The van der Waals surface area contributed by atoms with Crippen LogP contribution in [0.4, 0.5) is 0 Å². The van der Waals surface area contributed by atoms with Gasteiger partial charge in [-0.05, 0) is 32.1 Å². The molecule has 4 unspecified atom stereocenters. The number of guanidine groups is 1. The molecule has 0 heterocycles. The topological polar surface area (TPSA) is 215 Å². The summed E-state index contributed by atoms with van der Waals surface area (Å²) >= 11 is 4.09. The van der Waals surface area contributed by atoms with Crippen LogP contribution >= 0.6 is 12.6 Å². The Morgan fingerprint density at radius 1 is 0.968 bits per heavy atom. The zero-order valence-electron chi connectivity index (χ0n) is 18.1. The highest BCUT2D eigenvalue weighted by molar-refractivity contribution is 7.80. The molecule has 0 bridgehead atoms. The van der Waals surface area contributed by atoms with Crippen molar-refractivity contribution in [3.8, 4) is 0 Å². The number of hydrogen-bond donors (Lipinski definition) is 8. The summed E-state index contributed by atoms with van der Waals surface area (Å²) in [5.41, 5.74) is 16.4. The molecule has 0 aliphatic rings. The van der Waals surface area contributed by atoms with E-state index in [0.29, 0.717) is 12.8 Å². The number of nitrogens with zero attached hydrogens (tertiary/aromatic N) is 1. The van der Waals surface area contributed by atoms with Crippen LogP contribution < -0.4 is 33.2 Å². The molecular weight excluding hydrogens is 426 g/mol. The fourth-order valence-electron chi connectivity index (χ4n) is 2.51. The van der Waals surface area contributed by atoms with Gasteiger partial charge >= 0.3 is 5.97 Å². The molecule has 10 N–H and O–H groups in total. The van der Waals surface area contributed by atoms with E-state index >= 15 is 0 Å². The van der Waals surface area contributed by atoms with E-state index in [1.165, 1.54) is 6.92 Å². The number of amides is 3. The molecule has 0 saturated carbocycles. The van der Waals surface area contributed by atoms with Crippen molar-refractivity contribution in [1.82, 2.24) is 16.0 Å². The SMILES string of the molecule is CC(C)CC(N)C(=O)NC(CS)C(=O)NC(CCCN=C(N)N)C(=O)NC(C)C(=O)O. The van der Waals surface area contributed by atoms with Crippen molar-refractivity contribution in [1.29, 1.82) is 0 Å². The summed E-state index contributed by atoms with van der Waals surface area (Å²) in [6.45, 7) is 5.35. The average molecular weight is 462 g/mol. The van der Waals surface area contributed by atoms with Crippen LogP contribution in [0, 0.1) is 5.92 Å². The number of nitrogens with two attached hydrogens (primary N) is 3. The van der Waals surface area contributed by atoms with Crippen LogP contribution in [0.15, 0.2) is 4.99 Å². The first-order valence-electron chi connectivity index (χ1n) is 9.94. The lowest BCUT2D eigenvalue weighted by Crippen LogP contribution is -2.57. The first-order chi connectivity index (χ1) is 14.4. The van der Waals surface area contributed by atoms with Gasteiger partial charge in [0.2, 0.25) is 17.7 Å². The Bertz CT molecular complexity index is 655. The summed E-state index contributed by atoms with van der Waals surface area (Å²) in [7, 11) is 0. The molecule has 0 fully saturated rings. The number of hydrogen-bond acceptors (Lipinski definition) is 7. The monoisotopic (exact) mass is 461 g/mol. The van der Waals surface area contributed by atoms with Crippen LogP contribution in [-0.2, 0) is 19.2 Å². The molecule has 0 radical (unpaired) electrons. The number of aliphatic carboxylic acids is 1. The zero-order valence-corrected chi connectivity index (χ0v) is 19.0. The molecule has 12 nitrogen and oxygen atoms in total. The lowest BCUT2D eigenvalue weighted by atomic mass is 10.0. The van der Waals surface area contributed by atoms with Gasteiger partial charge in [0.1, 0.15) is 18.1 Å². The molecule has 0 aromatic rings. The van der Waals surface area contributed by atoms with E-state index in [9.17, 15) is 19.2 Å². The van der Waals surface area contributed by atoms with E-state index in [2.05, 4.69) is 33.6 Å². The number of nitrogens with one attached hydrogen (secondary N) is 3. The third kappa shape index (κ3) is 12.0. The number of carbonyl (C=O) groups is 4. The van der Waals surface area contributed by atoms with Gasteiger partial charge in [-0.3, -0.25) is 24.2 Å². The van der Waals surface area contributed by atoms with E-state index in [1.807, 2.05) is 13.8 Å². The fourth-order valence-corrected chi connectivity index (χ4v) is 2.77. The van der Waals surface area contributed by atoms with E-state index < -0.39 is 47.9 Å². The molecular formula is C18H35N7O5S. The number of carbonyl (C=O) groups excluding carboxylic acids is 3. The molecule has 0 rings (SSSR count). The maximum Gasteiger partial charge on any atom is 0.325 e. The van der Waals surface area contributed by atoms with Crippen LogP contribution in [0.5, 0.6) is 0 Å². The summed E-state index contributed by atoms with van der Waals surface area (Å²) in [6, 6.07) is -4.03. The van der Waals surface area contributed by atoms with Crippen molar-refractivity contribution in [2.24, 2.45) is 28.1 Å². The average Bonchev–Trinajstić information content (AvgIpc) is 2.66.